The predicted molar refractivity (Wildman–Crippen MR) is 104 cm³/mol. The Morgan fingerprint density at radius 3 is 2.19 bits per heavy atom. The Hall–Kier alpha value is -1.47. The second-order valence-corrected chi connectivity index (χ2v) is 8.71. The fourth-order valence-electron chi connectivity index (χ4n) is 2.13. The summed E-state index contributed by atoms with van der Waals surface area (Å²) >= 11 is 17.8. The van der Waals surface area contributed by atoms with E-state index in [0.29, 0.717) is 5.02 Å². The molecule has 0 radical (unpaired) electrons. The van der Waals surface area contributed by atoms with Crippen molar-refractivity contribution in [3.05, 3.63) is 57.5 Å². The zero-order valence-corrected chi connectivity index (χ0v) is 17.0. The Kier molecular flexibility index (Phi) is 6.80. The smallest absolute Gasteiger partial charge is 0.327 e. The largest absolute Gasteiger partial charge is 0.462 e. The molecule has 0 bridgehead atoms. The van der Waals surface area contributed by atoms with Gasteiger partial charge in [-0.15, -0.1) is 0 Å². The number of nitrogens with zero attached hydrogens (tertiary/aromatic N) is 1. The van der Waals surface area contributed by atoms with E-state index in [1.807, 2.05) is 0 Å². The molecule has 2 aromatic carbocycles. The van der Waals surface area contributed by atoms with Gasteiger partial charge in [0.2, 0.25) is 0 Å². The van der Waals surface area contributed by atoms with E-state index in [2.05, 4.69) is 0 Å². The van der Waals surface area contributed by atoms with Crippen molar-refractivity contribution >= 4 is 56.5 Å². The lowest BCUT2D eigenvalue weighted by Gasteiger charge is -2.24. The molecule has 0 aromatic heterocycles. The highest BCUT2D eigenvalue weighted by Gasteiger charge is 2.30. The zero-order valence-electron chi connectivity index (χ0n) is 13.9. The number of carbonyl (C=O) groups excluding carboxylic acids is 1. The van der Waals surface area contributed by atoms with Crippen LogP contribution in [0.4, 0.5) is 5.69 Å². The molecule has 0 heterocycles. The summed E-state index contributed by atoms with van der Waals surface area (Å²) in [5.41, 5.74) is 0.242. The van der Waals surface area contributed by atoms with Crippen molar-refractivity contribution in [1.82, 2.24) is 0 Å². The van der Waals surface area contributed by atoms with Crippen LogP contribution in [0.2, 0.25) is 15.1 Å². The minimum Gasteiger partial charge on any atom is -0.462 e. The van der Waals surface area contributed by atoms with E-state index in [0.717, 1.165) is 4.31 Å². The highest BCUT2D eigenvalue weighted by atomic mass is 35.5. The molecular weight excluding hydrogens is 421 g/mol. The molecular formula is C17H16Cl3NO4S. The lowest BCUT2D eigenvalue weighted by atomic mass is 10.3. The maximum Gasteiger partial charge on any atom is 0.327 e. The Labute approximate surface area is 167 Å². The summed E-state index contributed by atoms with van der Waals surface area (Å²) in [6.45, 7) is 2.82. The molecule has 0 unspecified atom stereocenters. The normalized spacial score (nSPS) is 11.5. The van der Waals surface area contributed by atoms with E-state index in [9.17, 15) is 13.2 Å². The summed E-state index contributed by atoms with van der Waals surface area (Å²) in [6, 6.07) is 10.1. The first kappa shape index (κ1) is 20.8. The third kappa shape index (κ3) is 5.04. The Balaban J connectivity index is 2.53. The standard InChI is InChI=1S/C17H16Cl3NO4S/c1-11(2)25-17(22)10-21(14-6-3-12(18)4-7-14)26(23,24)16-9-13(19)5-8-15(16)20/h3-9,11H,10H2,1-2H3. The first-order valence-electron chi connectivity index (χ1n) is 7.54. The number of halogens is 3. The van der Waals surface area contributed by atoms with E-state index >= 15 is 0 Å². The summed E-state index contributed by atoms with van der Waals surface area (Å²) in [5.74, 6) is -0.698. The molecule has 0 atom stereocenters. The van der Waals surface area contributed by atoms with E-state index in [4.69, 9.17) is 39.5 Å². The fourth-order valence-corrected chi connectivity index (χ4v) is 4.41. The van der Waals surface area contributed by atoms with Gasteiger partial charge in [0.25, 0.3) is 10.0 Å². The molecule has 0 amide bonds. The van der Waals surface area contributed by atoms with E-state index in [-0.39, 0.29) is 26.7 Å². The monoisotopic (exact) mass is 435 g/mol. The molecule has 0 saturated carbocycles. The molecule has 0 aliphatic carbocycles. The minimum atomic E-state index is -4.18. The summed E-state index contributed by atoms with van der Waals surface area (Å²) in [5, 5.41) is 0.621. The number of sulfonamides is 1. The number of carbonyl (C=O) groups is 1. The molecule has 0 saturated heterocycles. The molecule has 5 nitrogen and oxygen atoms in total. The summed E-state index contributed by atoms with van der Waals surface area (Å²) < 4.78 is 32.3. The van der Waals surface area contributed by atoms with Crippen LogP contribution in [0.25, 0.3) is 0 Å². The number of benzene rings is 2. The molecule has 0 aliphatic rings. The Morgan fingerprint density at radius 2 is 1.62 bits per heavy atom. The van der Waals surface area contributed by atoms with Gasteiger partial charge in [0.1, 0.15) is 11.4 Å². The van der Waals surface area contributed by atoms with Gasteiger partial charge in [-0.2, -0.15) is 0 Å². The second kappa shape index (κ2) is 8.48. The average Bonchev–Trinajstić information content (AvgIpc) is 2.55. The van der Waals surface area contributed by atoms with Crippen LogP contribution in [0.3, 0.4) is 0 Å². The van der Waals surface area contributed by atoms with E-state index in [1.165, 1.54) is 42.5 Å². The molecule has 2 aromatic rings. The predicted octanol–water partition coefficient (Wildman–Crippen LogP) is 4.79. The molecule has 0 fully saturated rings. The maximum absolute atomic E-state index is 13.2. The van der Waals surface area contributed by atoms with Crippen molar-refractivity contribution in [3.8, 4) is 0 Å². The lowest BCUT2D eigenvalue weighted by molar-refractivity contribution is -0.145. The van der Waals surface area contributed by atoms with Crippen LogP contribution in [-0.4, -0.2) is 27.0 Å². The van der Waals surface area contributed by atoms with Gasteiger partial charge in [-0.05, 0) is 56.3 Å². The van der Waals surface area contributed by atoms with Gasteiger partial charge in [0.05, 0.1) is 16.8 Å². The maximum atomic E-state index is 13.2. The molecule has 0 aliphatic heterocycles. The van der Waals surface area contributed by atoms with Gasteiger partial charge in [-0.3, -0.25) is 9.10 Å². The zero-order chi connectivity index (χ0) is 19.5. The van der Waals surface area contributed by atoms with Crippen LogP contribution >= 0.6 is 34.8 Å². The van der Waals surface area contributed by atoms with Gasteiger partial charge < -0.3 is 4.74 Å². The average molecular weight is 437 g/mol. The molecule has 2 rings (SSSR count). The van der Waals surface area contributed by atoms with Crippen molar-refractivity contribution in [2.45, 2.75) is 24.8 Å². The summed E-state index contributed by atoms with van der Waals surface area (Å²) in [6.07, 6.45) is -0.382. The van der Waals surface area contributed by atoms with Crippen LogP contribution in [0, 0.1) is 0 Å². The number of rotatable bonds is 6. The SMILES string of the molecule is CC(C)OC(=O)CN(c1ccc(Cl)cc1)S(=O)(=O)c1cc(Cl)ccc1Cl. The number of hydrogen-bond donors (Lipinski definition) is 0. The number of hydrogen-bond acceptors (Lipinski definition) is 4. The van der Waals surface area contributed by atoms with Crippen molar-refractivity contribution in [2.75, 3.05) is 10.8 Å². The van der Waals surface area contributed by atoms with E-state index in [1.54, 1.807) is 13.8 Å². The third-order valence-electron chi connectivity index (χ3n) is 3.22. The summed E-state index contributed by atoms with van der Waals surface area (Å²) in [7, 11) is -4.18. The fraction of sp³-hybridized carbons (Fsp3) is 0.235. The third-order valence-corrected chi connectivity index (χ3v) is 5.96. The molecule has 9 heteroatoms. The number of anilines is 1. The van der Waals surface area contributed by atoms with Gasteiger partial charge in [0, 0.05) is 10.0 Å². The number of ether oxygens (including phenoxy) is 1. The van der Waals surface area contributed by atoms with Crippen LogP contribution in [0.5, 0.6) is 0 Å². The first-order valence-corrected chi connectivity index (χ1v) is 10.1. The number of esters is 1. The van der Waals surface area contributed by atoms with Crippen molar-refractivity contribution in [1.29, 1.82) is 0 Å². The topological polar surface area (TPSA) is 63.7 Å². The second-order valence-electron chi connectivity index (χ2n) is 5.60. The molecule has 140 valence electrons. The molecule has 0 N–H and O–H groups in total. The highest BCUT2D eigenvalue weighted by molar-refractivity contribution is 7.93. The van der Waals surface area contributed by atoms with E-state index < -0.39 is 22.5 Å². The van der Waals surface area contributed by atoms with Crippen LogP contribution < -0.4 is 4.31 Å². The van der Waals surface area contributed by atoms with Crippen LogP contribution in [0.15, 0.2) is 47.4 Å². The van der Waals surface area contributed by atoms with Crippen molar-refractivity contribution in [3.63, 3.8) is 0 Å². The quantitative estimate of drug-likeness (QED) is 0.611. The van der Waals surface area contributed by atoms with Gasteiger partial charge in [-0.25, -0.2) is 8.42 Å². The van der Waals surface area contributed by atoms with Crippen LogP contribution in [0.1, 0.15) is 13.8 Å². The van der Waals surface area contributed by atoms with Crippen molar-refractivity contribution in [2.24, 2.45) is 0 Å². The first-order chi connectivity index (χ1) is 12.1. The molecule has 0 spiro atoms. The van der Waals surface area contributed by atoms with Gasteiger partial charge in [-0.1, -0.05) is 34.8 Å². The minimum absolute atomic E-state index is 0.00871. The lowest BCUT2D eigenvalue weighted by Crippen LogP contribution is -2.37. The highest BCUT2D eigenvalue weighted by Crippen LogP contribution is 2.31. The summed E-state index contributed by atoms with van der Waals surface area (Å²) in [4.78, 5) is 11.9. The Bertz CT molecular complexity index is 899. The molecule has 26 heavy (non-hydrogen) atoms. The van der Waals surface area contributed by atoms with Crippen LogP contribution in [-0.2, 0) is 19.6 Å². The van der Waals surface area contributed by atoms with Gasteiger partial charge >= 0.3 is 5.97 Å². The van der Waals surface area contributed by atoms with Gasteiger partial charge in [0.15, 0.2) is 0 Å². The van der Waals surface area contributed by atoms with Crippen molar-refractivity contribution < 1.29 is 17.9 Å². The Morgan fingerprint density at radius 1 is 1.04 bits per heavy atom.